The summed E-state index contributed by atoms with van der Waals surface area (Å²) in [6.45, 7) is 9.35. The number of amides is 1. The standard InChI is InChI=1S/C28H29N3O6S2/c1-6-36-27(34)22-19(18-9-7-16(4)8-10-18)13-38-25(22)30-20(32)11-31-14-29-24-21(26(31)33)17(5)23(39-24)28(35)37-12-15(2)3/h7-10,13-15H,6,11-12H2,1-5H3,(H,30,32). The molecule has 0 spiro atoms. The maximum Gasteiger partial charge on any atom is 0.348 e. The number of benzene rings is 1. The summed E-state index contributed by atoms with van der Waals surface area (Å²) >= 11 is 2.30. The minimum atomic E-state index is -0.546. The van der Waals surface area contributed by atoms with E-state index < -0.39 is 23.4 Å². The molecule has 0 aliphatic rings. The van der Waals surface area contributed by atoms with Crippen LogP contribution in [0.4, 0.5) is 5.00 Å². The number of carbonyl (C=O) groups excluding carboxylic acids is 3. The molecule has 4 aromatic rings. The molecule has 0 bridgehead atoms. The monoisotopic (exact) mass is 567 g/mol. The number of ether oxygens (including phenoxy) is 2. The fourth-order valence-corrected chi connectivity index (χ4v) is 5.90. The average Bonchev–Trinajstić information content (AvgIpc) is 3.46. The van der Waals surface area contributed by atoms with Crippen LogP contribution in [0.3, 0.4) is 0 Å². The second-order valence-electron chi connectivity index (χ2n) is 9.39. The third-order valence-electron chi connectivity index (χ3n) is 5.85. The van der Waals surface area contributed by atoms with E-state index in [1.807, 2.05) is 45.0 Å². The van der Waals surface area contributed by atoms with Crippen molar-refractivity contribution in [2.75, 3.05) is 18.5 Å². The first kappa shape index (κ1) is 28.2. The summed E-state index contributed by atoms with van der Waals surface area (Å²) in [6, 6.07) is 7.69. The number of hydrogen-bond acceptors (Lipinski definition) is 9. The lowest BCUT2D eigenvalue weighted by molar-refractivity contribution is -0.116. The molecule has 204 valence electrons. The van der Waals surface area contributed by atoms with E-state index in [0.717, 1.165) is 22.5 Å². The quantitative estimate of drug-likeness (QED) is 0.268. The second-order valence-corrected chi connectivity index (χ2v) is 11.3. The van der Waals surface area contributed by atoms with Gasteiger partial charge in [0.1, 0.15) is 26.8 Å². The Hall–Kier alpha value is -3.83. The molecule has 1 amide bonds. The molecule has 4 rings (SSSR count). The van der Waals surface area contributed by atoms with Crippen molar-refractivity contribution < 1.29 is 23.9 Å². The van der Waals surface area contributed by atoms with Gasteiger partial charge in [-0.15, -0.1) is 22.7 Å². The first-order valence-electron chi connectivity index (χ1n) is 12.4. The summed E-state index contributed by atoms with van der Waals surface area (Å²) in [6.07, 6.45) is 1.28. The van der Waals surface area contributed by atoms with Crippen LogP contribution in [-0.4, -0.2) is 40.6 Å². The first-order chi connectivity index (χ1) is 18.6. The third kappa shape index (κ3) is 6.10. The smallest absolute Gasteiger partial charge is 0.348 e. The molecule has 0 saturated carbocycles. The molecule has 1 aromatic carbocycles. The number of nitrogens with one attached hydrogen (secondary N) is 1. The zero-order valence-electron chi connectivity index (χ0n) is 22.3. The highest BCUT2D eigenvalue weighted by molar-refractivity contribution is 7.20. The van der Waals surface area contributed by atoms with Gasteiger partial charge in [0.15, 0.2) is 0 Å². The molecule has 1 N–H and O–H groups in total. The van der Waals surface area contributed by atoms with Crippen LogP contribution in [0.1, 0.15) is 51.9 Å². The number of aryl methyl sites for hydroxylation is 2. The van der Waals surface area contributed by atoms with Crippen LogP contribution in [0.2, 0.25) is 0 Å². The molecule has 3 aromatic heterocycles. The maximum absolute atomic E-state index is 13.2. The predicted molar refractivity (Wildman–Crippen MR) is 153 cm³/mol. The van der Waals surface area contributed by atoms with Crippen molar-refractivity contribution in [3.63, 3.8) is 0 Å². The molecule has 39 heavy (non-hydrogen) atoms. The number of carbonyl (C=O) groups is 3. The summed E-state index contributed by atoms with van der Waals surface area (Å²) in [5.74, 6) is -1.37. The highest BCUT2D eigenvalue weighted by Gasteiger charge is 2.24. The Balaban J connectivity index is 1.60. The summed E-state index contributed by atoms with van der Waals surface area (Å²) in [5.41, 5.74) is 2.85. The number of thiophene rings is 2. The molecule has 0 atom stereocenters. The Morgan fingerprint density at radius 1 is 1.08 bits per heavy atom. The van der Waals surface area contributed by atoms with Gasteiger partial charge in [-0.3, -0.25) is 14.2 Å². The fraction of sp³-hybridized carbons (Fsp3) is 0.321. The molecule has 11 heteroatoms. The maximum atomic E-state index is 13.2. The fourth-order valence-electron chi connectivity index (χ4n) is 3.90. The molecular formula is C28H29N3O6S2. The Kier molecular flexibility index (Phi) is 8.61. The molecule has 3 heterocycles. The Bertz CT molecular complexity index is 1600. The average molecular weight is 568 g/mol. The van der Waals surface area contributed by atoms with Gasteiger partial charge in [0.25, 0.3) is 5.56 Å². The zero-order chi connectivity index (χ0) is 28.3. The lowest BCUT2D eigenvalue weighted by Gasteiger charge is -2.10. The topological polar surface area (TPSA) is 117 Å². The summed E-state index contributed by atoms with van der Waals surface area (Å²) in [7, 11) is 0. The van der Waals surface area contributed by atoms with Crippen LogP contribution >= 0.6 is 22.7 Å². The van der Waals surface area contributed by atoms with E-state index in [4.69, 9.17) is 9.47 Å². The molecular weight excluding hydrogens is 538 g/mol. The Morgan fingerprint density at radius 3 is 2.46 bits per heavy atom. The van der Waals surface area contributed by atoms with Crippen molar-refractivity contribution in [3.8, 4) is 11.1 Å². The lowest BCUT2D eigenvalue weighted by atomic mass is 10.0. The van der Waals surface area contributed by atoms with E-state index >= 15 is 0 Å². The van der Waals surface area contributed by atoms with Crippen LogP contribution in [0, 0.1) is 19.8 Å². The van der Waals surface area contributed by atoms with Gasteiger partial charge in [0, 0.05) is 10.9 Å². The predicted octanol–water partition coefficient (Wildman–Crippen LogP) is 5.43. The van der Waals surface area contributed by atoms with Gasteiger partial charge in [-0.25, -0.2) is 14.6 Å². The van der Waals surface area contributed by atoms with Crippen molar-refractivity contribution in [2.24, 2.45) is 5.92 Å². The van der Waals surface area contributed by atoms with E-state index in [1.54, 1.807) is 19.2 Å². The van der Waals surface area contributed by atoms with Gasteiger partial charge in [0.05, 0.1) is 24.9 Å². The van der Waals surface area contributed by atoms with Gasteiger partial charge in [-0.05, 0) is 37.8 Å². The van der Waals surface area contributed by atoms with Gasteiger partial charge in [-0.2, -0.15) is 0 Å². The number of fused-ring (bicyclic) bond motifs is 1. The zero-order valence-corrected chi connectivity index (χ0v) is 24.0. The van der Waals surface area contributed by atoms with E-state index in [0.29, 0.717) is 25.8 Å². The van der Waals surface area contributed by atoms with Crippen LogP contribution in [0.15, 0.2) is 40.8 Å². The Morgan fingerprint density at radius 2 is 1.79 bits per heavy atom. The SMILES string of the molecule is CCOC(=O)c1c(-c2ccc(C)cc2)csc1NC(=O)Cn1cnc2sc(C(=O)OCC(C)C)c(C)c2c1=O. The molecule has 9 nitrogen and oxygen atoms in total. The second kappa shape index (κ2) is 11.9. The molecule has 0 saturated heterocycles. The van der Waals surface area contributed by atoms with Crippen molar-refractivity contribution in [2.45, 2.75) is 41.2 Å². The lowest BCUT2D eigenvalue weighted by Crippen LogP contribution is -2.28. The number of esters is 2. The normalized spacial score (nSPS) is 11.1. The van der Waals surface area contributed by atoms with Gasteiger partial charge < -0.3 is 14.8 Å². The number of aromatic nitrogens is 2. The van der Waals surface area contributed by atoms with Gasteiger partial charge >= 0.3 is 11.9 Å². The molecule has 0 fully saturated rings. The van der Waals surface area contributed by atoms with E-state index in [-0.39, 0.29) is 36.6 Å². The van der Waals surface area contributed by atoms with Crippen LogP contribution in [0.5, 0.6) is 0 Å². The minimum Gasteiger partial charge on any atom is -0.462 e. The molecule has 0 aliphatic heterocycles. The Labute approximate surface area is 233 Å². The minimum absolute atomic E-state index is 0.179. The summed E-state index contributed by atoms with van der Waals surface area (Å²) < 4.78 is 11.8. The van der Waals surface area contributed by atoms with Crippen LogP contribution in [-0.2, 0) is 20.8 Å². The van der Waals surface area contributed by atoms with Crippen molar-refractivity contribution in [1.82, 2.24) is 9.55 Å². The van der Waals surface area contributed by atoms with E-state index in [1.165, 1.54) is 22.2 Å². The van der Waals surface area contributed by atoms with E-state index in [2.05, 4.69) is 10.3 Å². The van der Waals surface area contributed by atoms with Crippen molar-refractivity contribution in [3.05, 3.63) is 67.9 Å². The first-order valence-corrected chi connectivity index (χ1v) is 14.1. The summed E-state index contributed by atoms with van der Waals surface area (Å²) in [5, 5.41) is 5.16. The van der Waals surface area contributed by atoms with Crippen LogP contribution in [0.25, 0.3) is 21.3 Å². The van der Waals surface area contributed by atoms with Crippen molar-refractivity contribution >= 4 is 55.7 Å². The highest BCUT2D eigenvalue weighted by atomic mass is 32.1. The molecule has 0 aliphatic carbocycles. The highest BCUT2D eigenvalue weighted by Crippen LogP contribution is 2.36. The van der Waals surface area contributed by atoms with E-state index in [9.17, 15) is 19.2 Å². The largest absolute Gasteiger partial charge is 0.462 e. The third-order valence-corrected chi connectivity index (χ3v) is 7.93. The van der Waals surface area contributed by atoms with Gasteiger partial charge in [-0.1, -0.05) is 43.7 Å². The summed E-state index contributed by atoms with van der Waals surface area (Å²) in [4.78, 5) is 56.6. The number of hydrogen-bond donors (Lipinski definition) is 1. The number of anilines is 1. The van der Waals surface area contributed by atoms with Crippen LogP contribution < -0.4 is 10.9 Å². The van der Waals surface area contributed by atoms with Gasteiger partial charge in [0.2, 0.25) is 5.91 Å². The van der Waals surface area contributed by atoms with Crippen molar-refractivity contribution in [1.29, 1.82) is 0 Å². The molecule has 0 unspecified atom stereocenters. The number of rotatable bonds is 9. The molecule has 0 radical (unpaired) electrons. The number of nitrogens with zero attached hydrogens (tertiary/aromatic N) is 2.